The number of benzene rings is 1. The molecule has 0 radical (unpaired) electrons. The SMILES string of the molecule is CC(CCO)NC(=O)c1ccc(OC(F)(F)F)c(N)c1. The Morgan fingerprint density at radius 1 is 1.50 bits per heavy atom. The van der Waals surface area contributed by atoms with E-state index in [4.69, 9.17) is 10.8 Å². The highest BCUT2D eigenvalue weighted by atomic mass is 19.4. The molecular formula is C12H15F3N2O3. The number of ether oxygens (including phenoxy) is 1. The standard InChI is InChI=1S/C12H15F3N2O3/c1-7(4-5-18)17-11(19)8-2-3-10(9(16)6-8)20-12(13,14)15/h2-3,6-7,18H,4-5,16H2,1H3,(H,17,19). The number of hydrogen-bond acceptors (Lipinski definition) is 4. The van der Waals surface area contributed by atoms with Crippen molar-refractivity contribution in [3.63, 3.8) is 0 Å². The van der Waals surface area contributed by atoms with Crippen LogP contribution in [0.1, 0.15) is 23.7 Å². The number of aliphatic hydroxyl groups is 1. The van der Waals surface area contributed by atoms with Gasteiger partial charge in [-0.1, -0.05) is 0 Å². The first kappa shape index (κ1) is 16.1. The molecule has 4 N–H and O–H groups in total. The molecule has 1 unspecified atom stereocenters. The number of halogens is 3. The summed E-state index contributed by atoms with van der Waals surface area (Å²) in [5.41, 5.74) is 5.24. The van der Waals surface area contributed by atoms with Gasteiger partial charge in [0, 0.05) is 18.2 Å². The van der Waals surface area contributed by atoms with Crippen LogP contribution < -0.4 is 15.8 Å². The fourth-order valence-corrected chi connectivity index (χ4v) is 1.48. The molecule has 0 aliphatic heterocycles. The Hall–Kier alpha value is -1.96. The van der Waals surface area contributed by atoms with E-state index in [2.05, 4.69) is 10.1 Å². The zero-order valence-corrected chi connectivity index (χ0v) is 10.7. The third kappa shape index (κ3) is 4.96. The summed E-state index contributed by atoms with van der Waals surface area (Å²) in [6, 6.07) is 2.99. The highest BCUT2D eigenvalue weighted by Gasteiger charge is 2.32. The van der Waals surface area contributed by atoms with E-state index in [1.807, 2.05) is 0 Å². The molecule has 0 fully saturated rings. The monoisotopic (exact) mass is 292 g/mol. The predicted octanol–water partition coefficient (Wildman–Crippen LogP) is 1.67. The van der Waals surface area contributed by atoms with Gasteiger partial charge in [-0.25, -0.2) is 0 Å². The maximum Gasteiger partial charge on any atom is 0.573 e. The summed E-state index contributed by atoms with van der Waals surface area (Å²) in [5.74, 6) is -1.05. The van der Waals surface area contributed by atoms with Gasteiger partial charge in [0.1, 0.15) is 0 Å². The Bertz CT molecular complexity index is 478. The van der Waals surface area contributed by atoms with Crippen molar-refractivity contribution in [3.8, 4) is 5.75 Å². The highest BCUT2D eigenvalue weighted by molar-refractivity contribution is 5.95. The summed E-state index contributed by atoms with van der Waals surface area (Å²) in [7, 11) is 0. The van der Waals surface area contributed by atoms with Gasteiger partial charge in [0.2, 0.25) is 0 Å². The van der Waals surface area contributed by atoms with Gasteiger partial charge in [-0.15, -0.1) is 13.2 Å². The van der Waals surface area contributed by atoms with Gasteiger partial charge in [-0.05, 0) is 31.5 Å². The van der Waals surface area contributed by atoms with Gasteiger partial charge in [0.15, 0.2) is 5.75 Å². The predicted molar refractivity (Wildman–Crippen MR) is 66.2 cm³/mol. The minimum atomic E-state index is -4.84. The number of nitrogens with two attached hydrogens (primary N) is 1. The molecule has 0 saturated heterocycles. The summed E-state index contributed by atoms with van der Waals surface area (Å²) in [5, 5.41) is 11.3. The quantitative estimate of drug-likeness (QED) is 0.721. The number of anilines is 1. The van der Waals surface area contributed by atoms with Crippen molar-refractivity contribution in [2.24, 2.45) is 0 Å². The van der Waals surface area contributed by atoms with Crippen LogP contribution >= 0.6 is 0 Å². The van der Waals surface area contributed by atoms with Gasteiger partial charge < -0.3 is 20.9 Å². The summed E-state index contributed by atoms with van der Waals surface area (Å²) in [6.07, 6.45) is -4.47. The van der Waals surface area contributed by atoms with E-state index in [9.17, 15) is 18.0 Å². The van der Waals surface area contributed by atoms with E-state index in [1.54, 1.807) is 6.92 Å². The number of nitrogens with one attached hydrogen (secondary N) is 1. The Balaban J connectivity index is 2.79. The maximum atomic E-state index is 12.1. The lowest BCUT2D eigenvalue weighted by molar-refractivity contribution is -0.274. The van der Waals surface area contributed by atoms with E-state index < -0.39 is 18.0 Å². The van der Waals surface area contributed by atoms with Crippen LogP contribution in [0.3, 0.4) is 0 Å². The van der Waals surface area contributed by atoms with Crippen LogP contribution in [0.5, 0.6) is 5.75 Å². The molecule has 0 saturated carbocycles. The molecule has 1 aromatic carbocycles. The fourth-order valence-electron chi connectivity index (χ4n) is 1.48. The third-order valence-electron chi connectivity index (χ3n) is 2.44. The van der Waals surface area contributed by atoms with Gasteiger partial charge in [0.25, 0.3) is 5.91 Å². The van der Waals surface area contributed by atoms with Crippen molar-refractivity contribution in [1.82, 2.24) is 5.32 Å². The van der Waals surface area contributed by atoms with Crippen molar-refractivity contribution in [2.75, 3.05) is 12.3 Å². The molecule has 0 spiro atoms. The highest BCUT2D eigenvalue weighted by Crippen LogP contribution is 2.28. The first-order chi connectivity index (χ1) is 9.23. The van der Waals surface area contributed by atoms with Gasteiger partial charge in [-0.3, -0.25) is 4.79 Å². The number of carbonyl (C=O) groups excluding carboxylic acids is 1. The number of amides is 1. The van der Waals surface area contributed by atoms with Crippen LogP contribution in [0.25, 0.3) is 0 Å². The number of alkyl halides is 3. The Morgan fingerprint density at radius 2 is 2.15 bits per heavy atom. The first-order valence-electron chi connectivity index (χ1n) is 5.80. The molecule has 1 amide bonds. The smallest absolute Gasteiger partial charge is 0.404 e. The van der Waals surface area contributed by atoms with E-state index in [1.165, 1.54) is 6.07 Å². The Labute approximate surface area is 113 Å². The minimum absolute atomic E-state index is 0.0814. The van der Waals surface area contributed by atoms with Gasteiger partial charge in [-0.2, -0.15) is 0 Å². The molecule has 112 valence electrons. The van der Waals surface area contributed by atoms with Crippen LogP contribution in [-0.4, -0.2) is 30.0 Å². The lowest BCUT2D eigenvalue weighted by Gasteiger charge is -2.14. The van der Waals surface area contributed by atoms with Crippen molar-refractivity contribution in [1.29, 1.82) is 0 Å². The van der Waals surface area contributed by atoms with Crippen LogP contribution in [0.15, 0.2) is 18.2 Å². The summed E-state index contributed by atoms with van der Waals surface area (Å²) in [6.45, 7) is 1.61. The van der Waals surface area contributed by atoms with Crippen LogP contribution in [0.4, 0.5) is 18.9 Å². The topological polar surface area (TPSA) is 84.6 Å². The second-order valence-electron chi connectivity index (χ2n) is 4.19. The molecule has 0 aliphatic rings. The van der Waals surface area contributed by atoms with Gasteiger partial charge >= 0.3 is 6.36 Å². The molecule has 0 aliphatic carbocycles. The van der Waals surface area contributed by atoms with E-state index in [0.717, 1.165) is 12.1 Å². The van der Waals surface area contributed by atoms with E-state index >= 15 is 0 Å². The molecule has 8 heteroatoms. The molecule has 0 heterocycles. The second kappa shape index (κ2) is 6.47. The fraction of sp³-hybridized carbons (Fsp3) is 0.417. The molecular weight excluding hydrogens is 277 g/mol. The number of nitrogen functional groups attached to an aromatic ring is 1. The van der Waals surface area contributed by atoms with Crippen molar-refractivity contribution in [3.05, 3.63) is 23.8 Å². The summed E-state index contributed by atoms with van der Waals surface area (Å²) < 4.78 is 39.9. The largest absolute Gasteiger partial charge is 0.573 e. The van der Waals surface area contributed by atoms with Crippen molar-refractivity contribution < 1.29 is 27.8 Å². The second-order valence-corrected chi connectivity index (χ2v) is 4.19. The average molecular weight is 292 g/mol. The van der Waals surface area contributed by atoms with E-state index in [0.29, 0.717) is 6.42 Å². The molecule has 1 rings (SSSR count). The number of carbonyl (C=O) groups is 1. The van der Waals surface area contributed by atoms with Crippen molar-refractivity contribution >= 4 is 11.6 Å². The normalized spacial score (nSPS) is 12.8. The minimum Gasteiger partial charge on any atom is -0.404 e. The van der Waals surface area contributed by atoms with Crippen molar-refractivity contribution in [2.45, 2.75) is 25.7 Å². The molecule has 1 aromatic rings. The van der Waals surface area contributed by atoms with Crippen LogP contribution in [0, 0.1) is 0 Å². The van der Waals surface area contributed by atoms with E-state index in [-0.39, 0.29) is 23.9 Å². The summed E-state index contributed by atoms with van der Waals surface area (Å²) in [4.78, 5) is 11.8. The molecule has 1 atom stereocenters. The lowest BCUT2D eigenvalue weighted by atomic mass is 10.1. The molecule has 0 bridgehead atoms. The molecule has 20 heavy (non-hydrogen) atoms. The number of hydrogen-bond donors (Lipinski definition) is 3. The van der Waals surface area contributed by atoms with Crippen LogP contribution in [-0.2, 0) is 0 Å². The summed E-state index contributed by atoms with van der Waals surface area (Å²) >= 11 is 0. The van der Waals surface area contributed by atoms with Gasteiger partial charge in [0.05, 0.1) is 5.69 Å². The Morgan fingerprint density at radius 3 is 2.65 bits per heavy atom. The Kier molecular flexibility index (Phi) is 5.20. The lowest BCUT2D eigenvalue weighted by Crippen LogP contribution is -2.33. The zero-order valence-electron chi connectivity index (χ0n) is 10.7. The number of aliphatic hydroxyl groups excluding tert-OH is 1. The van der Waals surface area contributed by atoms with Crippen LogP contribution in [0.2, 0.25) is 0 Å². The number of rotatable bonds is 5. The first-order valence-corrected chi connectivity index (χ1v) is 5.80. The third-order valence-corrected chi connectivity index (χ3v) is 2.44. The molecule has 5 nitrogen and oxygen atoms in total. The molecule has 0 aromatic heterocycles. The average Bonchev–Trinajstić information content (AvgIpc) is 2.30. The maximum absolute atomic E-state index is 12.1. The zero-order chi connectivity index (χ0) is 15.3.